The molecule has 3 aromatic carbocycles. The summed E-state index contributed by atoms with van der Waals surface area (Å²) >= 11 is 0. The van der Waals surface area contributed by atoms with Crippen molar-refractivity contribution >= 4 is 28.6 Å². The van der Waals surface area contributed by atoms with E-state index in [-0.39, 0.29) is 18.2 Å². The lowest BCUT2D eigenvalue weighted by molar-refractivity contribution is -0.146. The Morgan fingerprint density at radius 2 is 1.61 bits per heavy atom. The van der Waals surface area contributed by atoms with Crippen molar-refractivity contribution in [3.63, 3.8) is 0 Å². The normalized spacial score (nSPS) is 15.2. The quantitative estimate of drug-likeness (QED) is 0.468. The highest BCUT2D eigenvalue weighted by atomic mass is 16.5. The molecule has 7 heteroatoms. The van der Waals surface area contributed by atoms with Gasteiger partial charge in [-0.25, -0.2) is 4.79 Å². The van der Waals surface area contributed by atoms with Gasteiger partial charge in [0.2, 0.25) is 11.8 Å². The number of hydrogen-bond acceptors (Lipinski definition) is 5. The second-order valence-corrected chi connectivity index (χ2v) is 9.01. The van der Waals surface area contributed by atoms with Crippen molar-refractivity contribution in [3.05, 3.63) is 83.9 Å². The van der Waals surface area contributed by atoms with Crippen LogP contribution in [0.2, 0.25) is 0 Å². The van der Waals surface area contributed by atoms with Gasteiger partial charge in [0, 0.05) is 25.9 Å². The van der Waals surface area contributed by atoms with Crippen LogP contribution in [0, 0.1) is 5.92 Å². The number of hydrogen-bond donors (Lipinski definition) is 1. The third-order valence-electron chi connectivity index (χ3n) is 6.59. The first kappa shape index (κ1) is 25.4. The van der Waals surface area contributed by atoms with E-state index in [0.29, 0.717) is 39.1 Å². The third-order valence-corrected chi connectivity index (χ3v) is 6.59. The molecule has 1 N–H and O–H groups in total. The summed E-state index contributed by atoms with van der Waals surface area (Å²) in [6.45, 7) is 2.02. The lowest BCUT2D eigenvalue weighted by atomic mass is 9.91. The molecule has 1 fully saturated rings. The molecule has 36 heavy (non-hydrogen) atoms. The molecule has 2 atom stereocenters. The number of esters is 1. The summed E-state index contributed by atoms with van der Waals surface area (Å²) in [5, 5.41) is 5.00. The van der Waals surface area contributed by atoms with Crippen LogP contribution in [0.4, 0.5) is 0 Å². The Labute approximate surface area is 211 Å². The maximum Gasteiger partial charge on any atom is 0.328 e. The second-order valence-electron chi connectivity index (χ2n) is 9.01. The number of morpholine rings is 1. The molecule has 1 saturated heterocycles. The predicted molar refractivity (Wildman–Crippen MR) is 137 cm³/mol. The van der Waals surface area contributed by atoms with E-state index >= 15 is 0 Å². The summed E-state index contributed by atoms with van der Waals surface area (Å²) in [7, 11) is 1.31. The minimum atomic E-state index is -0.849. The minimum Gasteiger partial charge on any atom is -0.467 e. The molecular weight excluding hydrogens is 456 g/mol. The molecule has 0 saturated carbocycles. The van der Waals surface area contributed by atoms with E-state index < -0.39 is 17.9 Å². The van der Waals surface area contributed by atoms with E-state index in [1.807, 2.05) is 72.8 Å². The number of rotatable bonds is 9. The summed E-state index contributed by atoms with van der Waals surface area (Å²) in [4.78, 5) is 41.0. The van der Waals surface area contributed by atoms with Crippen molar-refractivity contribution in [2.24, 2.45) is 5.92 Å². The SMILES string of the molecule is COC(=O)[C@H](Cc1ccccc1)NC(=O)C(CC(=O)N1CCOCC1)Cc1cccc2ccccc12. The van der Waals surface area contributed by atoms with Crippen LogP contribution in [0.1, 0.15) is 17.5 Å². The van der Waals surface area contributed by atoms with E-state index in [4.69, 9.17) is 9.47 Å². The molecule has 0 spiro atoms. The number of ether oxygens (including phenoxy) is 2. The fourth-order valence-corrected chi connectivity index (χ4v) is 4.62. The maximum atomic E-state index is 13.6. The van der Waals surface area contributed by atoms with Crippen molar-refractivity contribution in [1.82, 2.24) is 10.2 Å². The smallest absolute Gasteiger partial charge is 0.328 e. The maximum absolute atomic E-state index is 13.6. The number of benzene rings is 3. The number of fused-ring (bicyclic) bond motifs is 1. The Bertz CT molecular complexity index is 1190. The molecule has 188 valence electrons. The van der Waals surface area contributed by atoms with Crippen LogP contribution < -0.4 is 5.32 Å². The van der Waals surface area contributed by atoms with Crippen molar-refractivity contribution in [3.8, 4) is 0 Å². The van der Waals surface area contributed by atoms with Crippen molar-refractivity contribution in [2.75, 3.05) is 33.4 Å². The number of nitrogens with one attached hydrogen (secondary N) is 1. The minimum absolute atomic E-state index is 0.0499. The van der Waals surface area contributed by atoms with Gasteiger partial charge in [-0.05, 0) is 28.3 Å². The molecule has 0 bridgehead atoms. The van der Waals surface area contributed by atoms with Crippen LogP contribution >= 0.6 is 0 Å². The standard InChI is InChI=1S/C29H32N2O5/c1-35-29(34)26(18-21-8-3-2-4-9-21)30-28(33)24(20-27(32)31-14-16-36-17-15-31)19-23-12-7-11-22-10-5-6-13-25(22)23/h2-13,24,26H,14-20H2,1H3,(H,30,33)/t24?,26-/m0/s1. The third kappa shape index (κ3) is 6.49. The highest BCUT2D eigenvalue weighted by Gasteiger charge is 2.30. The molecule has 3 aromatic rings. The van der Waals surface area contributed by atoms with Crippen LogP contribution in [-0.2, 0) is 36.7 Å². The Kier molecular flexibility index (Phi) is 8.68. The number of amides is 2. The van der Waals surface area contributed by atoms with Gasteiger partial charge in [0.25, 0.3) is 0 Å². The van der Waals surface area contributed by atoms with Crippen LogP contribution in [0.15, 0.2) is 72.8 Å². The van der Waals surface area contributed by atoms with Gasteiger partial charge in [-0.2, -0.15) is 0 Å². The lowest BCUT2D eigenvalue weighted by Gasteiger charge is -2.29. The van der Waals surface area contributed by atoms with Gasteiger partial charge >= 0.3 is 5.97 Å². The fourth-order valence-electron chi connectivity index (χ4n) is 4.62. The highest BCUT2D eigenvalue weighted by molar-refractivity contribution is 5.91. The Morgan fingerprint density at radius 3 is 2.36 bits per heavy atom. The van der Waals surface area contributed by atoms with Gasteiger partial charge in [0.05, 0.1) is 26.2 Å². The molecule has 4 rings (SSSR count). The average Bonchev–Trinajstić information content (AvgIpc) is 2.93. The van der Waals surface area contributed by atoms with Crippen molar-refractivity contribution in [2.45, 2.75) is 25.3 Å². The molecule has 7 nitrogen and oxygen atoms in total. The summed E-state index contributed by atoms with van der Waals surface area (Å²) in [6.07, 6.45) is 0.731. The van der Waals surface area contributed by atoms with Crippen molar-refractivity contribution in [1.29, 1.82) is 0 Å². The largest absolute Gasteiger partial charge is 0.467 e. The molecular formula is C29H32N2O5. The predicted octanol–water partition coefficient (Wildman–Crippen LogP) is 3.15. The summed E-state index contributed by atoms with van der Waals surface area (Å²) in [5.41, 5.74) is 1.89. The average molecular weight is 489 g/mol. The first-order chi connectivity index (χ1) is 17.5. The molecule has 0 radical (unpaired) electrons. The molecule has 1 heterocycles. The number of nitrogens with zero attached hydrogens (tertiary/aromatic N) is 1. The van der Waals surface area contributed by atoms with Gasteiger partial charge in [-0.1, -0.05) is 72.8 Å². The fraction of sp³-hybridized carbons (Fsp3) is 0.345. The Morgan fingerprint density at radius 1 is 0.917 bits per heavy atom. The molecule has 2 amide bonds. The van der Waals surface area contributed by atoms with Gasteiger partial charge in [0.1, 0.15) is 6.04 Å². The van der Waals surface area contributed by atoms with Gasteiger partial charge in [-0.3, -0.25) is 9.59 Å². The molecule has 0 aromatic heterocycles. The van der Waals surface area contributed by atoms with E-state index in [9.17, 15) is 14.4 Å². The van der Waals surface area contributed by atoms with Crippen LogP contribution in [0.5, 0.6) is 0 Å². The zero-order valence-electron chi connectivity index (χ0n) is 20.5. The van der Waals surface area contributed by atoms with E-state index in [0.717, 1.165) is 21.9 Å². The molecule has 1 unspecified atom stereocenters. The van der Waals surface area contributed by atoms with Gasteiger partial charge in [-0.15, -0.1) is 0 Å². The van der Waals surface area contributed by atoms with Crippen LogP contribution in [0.25, 0.3) is 10.8 Å². The summed E-state index contributed by atoms with van der Waals surface area (Å²) < 4.78 is 10.3. The molecule has 1 aliphatic rings. The summed E-state index contributed by atoms with van der Waals surface area (Å²) in [5.74, 6) is -1.59. The Hall–Kier alpha value is -3.71. The monoisotopic (exact) mass is 488 g/mol. The zero-order valence-corrected chi connectivity index (χ0v) is 20.5. The topological polar surface area (TPSA) is 84.9 Å². The highest BCUT2D eigenvalue weighted by Crippen LogP contribution is 2.23. The van der Waals surface area contributed by atoms with E-state index in [1.54, 1.807) is 4.90 Å². The van der Waals surface area contributed by atoms with E-state index in [2.05, 4.69) is 5.32 Å². The Balaban J connectivity index is 1.57. The van der Waals surface area contributed by atoms with Gasteiger partial charge < -0.3 is 19.7 Å². The molecule has 1 aliphatic heterocycles. The summed E-state index contributed by atoms with van der Waals surface area (Å²) in [6, 6.07) is 22.6. The number of carbonyl (C=O) groups excluding carboxylic acids is 3. The van der Waals surface area contributed by atoms with Crippen molar-refractivity contribution < 1.29 is 23.9 Å². The lowest BCUT2D eigenvalue weighted by Crippen LogP contribution is -2.47. The first-order valence-electron chi connectivity index (χ1n) is 12.3. The number of methoxy groups -OCH3 is 1. The van der Waals surface area contributed by atoms with Crippen LogP contribution in [0.3, 0.4) is 0 Å². The second kappa shape index (κ2) is 12.3. The zero-order chi connectivity index (χ0) is 25.3. The van der Waals surface area contributed by atoms with Gasteiger partial charge in [0.15, 0.2) is 0 Å². The number of carbonyl (C=O) groups is 3. The first-order valence-corrected chi connectivity index (χ1v) is 12.3. The van der Waals surface area contributed by atoms with Crippen LogP contribution in [-0.4, -0.2) is 62.1 Å². The molecule has 0 aliphatic carbocycles. The van der Waals surface area contributed by atoms with E-state index in [1.165, 1.54) is 7.11 Å².